The van der Waals surface area contributed by atoms with Crippen LogP contribution in [0.4, 0.5) is 0 Å². The van der Waals surface area contributed by atoms with E-state index in [1.54, 1.807) is 0 Å². The molecule has 1 aliphatic rings. The van der Waals surface area contributed by atoms with Crippen LogP contribution in [-0.2, 0) is 33.6 Å². The van der Waals surface area contributed by atoms with Gasteiger partial charge in [0.15, 0.2) is 18.5 Å². The van der Waals surface area contributed by atoms with Gasteiger partial charge in [0.2, 0.25) is 0 Å². The molecule has 1 fully saturated rings. The SMILES string of the molecule is COC(=O)C1CC(O)C(OS(=O)(=O)O)C(OC)O1. The molecule has 0 amide bonds. The second-order valence-electron chi connectivity index (χ2n) is 3.54. The Hall–Kier alpha value is -0.780. The summed E-state index contributed by atoms with van der Waals surface area (Å²) in [4.78, 5) is 11.2. The zero-order valence-corrected chi connectivity index (χ0v) is 10.5. The van der Waals surface area contributed by atoms with E-state index in [0.717, 1.165) is 14.2 Å². The van der Waals surface area contributed by atoms with Gasteiger partial charge < -0.3 is 19.3 Å². The van der Waals surface area contributed by atoms with Crippen molar-refractivity contribution in [1.29, 1.82) is 0 Å². The molecule has 1 aliphatic heterocycles. The molecule has 0 aliphatic carbocycles. The van der Waals surface area contributed by atoms with Crippen molar-refractivity contribution in [2.45, 2.75) is 31.0 Å². The molecule has 2 N–H and O–H groups in total. The van der Waals surface area contributed by atoms with Crippen molar-refractivity contribution >= 4 is 16.4 Å². The van der Waals surface area contributed by atoms with Gasteiger partial charge in [-0.1, -0.05) is 0 Å². The predicted molar refractivity (Wildman–Crippen MR) is 54.7 cm³/mol. The van der Waals surface area contributed by atoms with Gasteiger partial charge in [-0.25, -0.2) is 8.98 Å². The number of methoxy groups -OCH3 is 2. The maximum Gasteiger partial charge on any atom is 0.397 e. The molecule has 0 bridgehead atoms. The molecule has 0 spiro atoms. The van der Waals surface area contributed by atoms with Crippen LogP contribution in [-0.4, -0.2) is 62.9 Å². The maximum atomic E-state index is 11.2. The molecule has 9 nitrogen and oxygen atoms in total. The predicted octanol–water partition coefficient (Wildman–Crippen LogP) is -1.53. The molecule has 106 valence electrons. The highest BCUT2D eigenvalue weighted by molar-refractivity contribution is 7.80. The van der Waals surface area contributed by atoms with E-state index in [-0.39, 0.29) is 6.42 Å². The first-order valence-electron chi connectivity index (χ1n) is 4.88. The Bertz CT molecular complexity index is 391. The number of aliphatic hydroxyl groups is 1. The van der Waals surface area contributed by atoms with Crippen LogP contribution < -0.4 is 0 Å². The van der Waals surface area contributed by atoms with Crippen molar-refractivity contribution in [1.82, 2.24) is 0 Å². The van der Waals surface area contributed by atoms with E-state index >= 15 is 0 Å². The molecule has 10 heteroatoms. The van der Waals surface area contributed by atoms with E-state index in [2.05, 4.69) is 8.92 Å². The van der Waals surface area contributed by atoms with Crippen LogP contribution in [0, 0.1) is 0 Å². The van der Waals surface area contributed by atoms with Gasteiger partial charge in [0.25, 0.3) is 0 Å². The number of aliphatic hydroxyl groups excluding tert-OH is 1. The number of esters is 1. The summed E-state index contributed by atoms with van der Waals surface area (Å²) in [6.45, 7) is 0. The average Bonchev–Trinajstić information content (AvgIpc) is 2.28. The van der Waals surface area contributed by atoms with E-state index in [0.29, 0.717) is 0 Å². The van der Waals surface area contributed by atoms with Crippen LogP contribution in [0.5, 0.6) is 0 Å². The standard InChI is InChI=1S/C8H14O9S/c1-14-7(10)5-3-4(9)6(8(15-2)16-5)17-18(11,12)13/h4-6,8-9H,3H2,1-2H3,(H,11,12,13). The monoisotopic (exact) mass is 286 g/mol. The number of hydrogen-bond donors (Lipinski definition) is 2. The summed E-state index contributed by atoms with van der Waals surface area (Å²) in [7, 11) is -2.48. The molecule has 0 saturated carbocycles. The fourth-order valence-corrected chi connectivity index (χ4v) is 2.05. The summed E-state index contributed by atoms with van der Waals surface area (Å²) >= 11 is 0. The van der Waals surface area contributed by atoms with Gasteiger partial charge in [0.05, 0.1) is 13.2 Å². The highest BCUT2D eigenvalue weighted by Crippen LogP contribution is 2.25. The smallest absolute Gasteiger partial charge is 0.397 e. The lowest BCUT2D eigenvalue weighted by molar-refractivity contribution is -0.252. The van der Waals surface area contributed by atoms with E-state index < -0.39 is 41.0 Å². The molecule has 18 heavy (non-hydrogen) atoms. The van der Waals surface area contributed by atoms with Gasteiger partial charge >= 0.3 is 16.4 Å². The van der Waals surface area contributed by atoms with Gasteiger partial charge in [-0.05, 0) is 0 Å². The summed E-state index contributed by atoms with van der Waals surface area (Å²) in [5.74, 6) is -0.735. The first-order valence-corrected chi connectivity index (χ1v) is 6.25. The maximum absolute atomic E-state index is 11.2. The van der Waals surface area contributed by atoms with Crippen molar-refractivity contribution in [3.63, 3.8) is 0 Å². The quantitative estimate of drug-likeness (QED) is 0.467. The van der Waals surface area contributed by atoms with E-state index in [1.807, 2.05) is 0 Å². The van der Waals surface area contributed by atoms with E-state index in [1.165, 1.54) is 0 Å². The van der Waals surface area contributed by atoms with Crippen LogP contribution in [0.2, 0.25) is 0 Å². The lowest BCUT2D eigenvalue weighted by Crippen LogP contribution is -2.53. The Morgan fingerprint density at radius 1 is 1.39 bits per heavy atom. The fourth-order valence-electron chi connectivity index (χ4n) is 1.55. The molecule has 0 radical (unpaired) electrons. The molecule has 4 atom stereocenters. The third-order valence-electron chi connectivity index (χ3n) is 2.33. The summed E-state index contributed by atoms with van der Waals surface area (Å²) in [6.07, 6.45) is -5.52. The lowest BCUT2D eigenvalue weighted by Gasteiger charge is -2.36. The van der Waals surface area contributed by atoms with Crippen LogP contribution in [0.3, 0.4) is 0 Å². The summed E-state index contributed by atoms with van der Waals surface area (Å²) in [5.41, 5.74) is 0. The van der Waals surface area contributed by atoms with E-state index in [9.17, 15) is 18.3 Å². The van der Waals surface area contributed by atoms with Crippen LogP contribution >= 0.6 is 0 Å². The molecule has 0 aromatic heterocycles. The van der Waals surface area contributed by atoms with E-state index in [4.69, 9.17) is 14.0 Å². The third kappa shape index (κ3) is 3.86. The summed E-state index contributed by atoms with van der Waals surface area (Å²) in [5, 5.41) is 9.68. The fraction of sp³-hybridized carbons (Fsp3) is 0.875. The van der Waals surface area contributed by atoms with Crippen LogP contribution in [0.25, 0.3) is 0 Å². The molecule has 0 aromatic carbocycles. The highest BCUT2D eigenvalue weighted by Gasteiger charge is 2.44. The zero-order chi connectivity index (χ0) is 13.9. The van der Waals surface area contributed by atoms with Gasteiger partial charge in [-0.2, -0.15) is 8.42 Å². The minimum absolute atomic E-state index is 0.243. The highest BCUT2D eigenvalue weighted by atomic mass is 32.3. The van der Waals surface area contributed by atoms with Gasteiger partial charge in [-0.15, -0.1) is 0 Å². The number of rotatable bonds is 4. The van der Waals surface area contributed by atoms with Crippen LogP contribution in [0.15, 0.2) is 0 Å². The largest absolute Gasteiger partial charge is 0.467 e. The van der Waals surface area contributed by atoms with Crippen molar-refractivity contribution < 1.29 is 41.3 Å². The summed E-state index contributed by atoms with van der Waals surface area (Å²) in [6, 6.07) is 0. The second-order valence-corrected chi connectivity index (χ2v) is 4.59. The van der Waals surface area contributed by atoms with Crippen molar-refractivity contribution in [2.24, 2.45) is 0 Å². The average molecular weight is 286 g/mol. The summed E-state index contributed by atoms with van der Waals surface area (Å²) < 4.78 is 48.2. The molecule has 1 heterocycles. The number of ether oxygens (including phenoxy) is 3. The Balaban J connectivity index is 2.80. The Morgan fingerprint density at radius 3 is 2.44 bits per heavy atom. The topological polar surface area (TPSA) is 129 Å². The zero-order valence-electron chi connectivity index (χ0n) is 9.68. The van der Waals surface area contributed by atoms with Crippen molar-refractivity contribution in [3.8, 4) is 0 Å². The minimum Gasteiger partial charge on any atom is -0.467 e. The van der Waals surface area contributed by atoms with Crippen molar-refractivity contribution in [2.75, 3.05) is 14.2 Å². The molecule has 0 aromatic rings. The molecule has 1 saturated heterocycles. The van der Waals surface area contributed by atoms with Gasteiger partial charge in [0, 0.05) is 13.5 Å². The van der Waals surface area contributed by atoms with Gasteiger partial charge in [-0.3, -0.25) is 4.55 Å². The third-order valence-corrected chi connectivity index (χ3v) is 2.80. The van der Waals surface area contributed by atoms with Crippen LogP contribution in [0.1, 0.15) is 6.42 Å². The second kappa shape index (κ2) is 5.91. The minimum atomic E-state index is -4.78. The molecule has 4 unspecified atom stereocenters. The Morgan fingerprint density at radius 2 is 2.00 bits per heavy atom. The Labute approximate surface area is 104 Å². The molecular weight excluding hydrogens is 272 g/mol. The first kappa shape index (κ1) is 15.3. The number of carbonyl (C=O) groups is 1. The van der Waals surface area contributed by atoms with Crippen molar-refractivity contribution in [3.05, 3.63) is 0 Å². The Kier molecular flexibility index (Phi) is 5.01. The molecule has 1 rings (SSSR count). The normalized spacial score (nSPS) is 33.1. The number of hydrogen-bond acceptors (Lipinski definition) is 8. The number of carbonyl (C=O) groups excluding carboxylic acids is 1. The lowest BCUT2D eigenvalue weighted by atomic mass is 10.0. The molecular formula is C8H14O9S. The van der Waals surface area contributed by atoms with Gasteiger partial charge in [0.1, 0.15) is 0 Å². The first-order chi connectivity index (χ1) is 8.28.